The van der Waals surface area contributed by atoms with E-state index in [0.717, 1.165) is 32.7 Å². The van der Waals surface area contributed by atoms with Crippen molar-refractivity contribution in [1.29, 1.82) is 0 Å². The molecule has 0 aromatic rings. The molecule has 0 saturated carbocycles. The highest BCUT2D eigenvalue weighted by Crippen LogP contribution is 2.07. The molecule has 1 aliphatic rings. The van der Waals surface area contributed by atoms with Crippen molar-refractivity contribution in [2.24, 2.45) is 0 Å². The van der Waals surface area contributed by atoms with Crippen molar-refractivity contribution in [3.63, 3.8) is 0 Å². The van der Waals surface area contributed by atoms with Gasteiger partial charge < -0.3 is 15.2 Å². The predicted molar refractivity (Wildman–Crippen MR) is 61.0 cm³/mol. The summed E-state index contributed by atoms with van der Waals surface area (Å²) in [5, 5.41) is 13.1. The predicted octanol–water partition coefficient (Wildman–Crippen LogP) is 0.0676. The Balaban J connectivity index is 2.14. The van der Waals surface area contributed by atoms with Gasteiger partial charge in [-0.2, -0.15) is 0 Å². The third kappa shape index (κ3) is 6.10. The van der Waals surface area contributed by atoms with Crippen LogP contribution in [0.2, 0.25) is 0 Å². The molecule has 1 rings (SSSR count). The Hall–Kier alpha value is -0.160. The molecule has 1 heterocycles. The molecule has 1 fully saturated rings. The summed E-state index contributed by atoms with van der Waals surface area (Å²) >= 11 is 0. The van der Waals surface area contributed by atoms with E-state index in [9.17, 15) is 5.11 Å². The van der Waals surface area contributed by atoms with Crippen molar-refractivity contribution in [2.75, 3.05) is 39.3 Å². The van der Waals surface area contributed by atoms with Crippen molar-refractivity contribution < 1.29 is 9.84 Å². The van der Waals surface area contributed by atoms with E-state index >= 15 is 0 Å². The molecular formula is C11H24N2O2. The molecule has 0 bridgehead atoms. The lowest BCUT2D eigenvalue weighted by Gasteiger charge is -2.30. The minimum atomic E-state index is -0.373. The van der Waals surface area contributed by atoms with E-state index in [1.54, 1.807) is 0 Å². The molecule has 4 nitrogen and oxygen atoms in total. The first kappa shape index (κ1) is 12.9. The number of aliphatic hydroxyl groups excluding tert-OH is 1. The van der Waals surface area contributed by atoms with Gasteiger partial charge >= 0.3 is 0 Å². The Bertz CT molecular complexity index is 174. The van der Waals surface area contributed by atoms with Crippen LogP contribution in [-0.4, -0.2) is 61.0 Å². The van der Waals surface area contributed by atoms with E-state index < -0.39 is 0 Å². The molecule has 0 spiro atoms. The maximum absolute atomic E-state index is 9.78. The molecule has 0 aliphatic carbocycles. The first-order valence-electron chi connectivity index (χ1n) is 5.72. The molecule has 0 unspecified atom stereocenters. The second kappa shape index (κ2) is 5.80. The molecule has 0 radical (unpaired) electrons. The van der Waals surface area contributed by atoms with Crippen LogP contribution in [0.5, 0.6) is 0 Å². The molecule has 0 aromatic carbocycles. The summed E-state index contributed by atoms with van der Waals surface area (Å²) in [6.07, 6.45) is -0.373. The minimum Gasteiger partial charge on any atom is -0.389 e. The quantitative estimate of drug-likeness (QED) is 0.698. The zero-order chi connectivity index (χ0) is 11.3. The fourth-order valence-corrected chi connectivity index (χ4v) is 1.59. The molecule has 1 saturated heterocycles. The van der Waals surface area contributed by atoms with Crippen LogP contribution in [-0.2, 0) is 4.74 Å². The Labute approximate surface area is 92.6 Å². The number of nitrogens with zero attached hydrogens (tertiary/aromatic N) is 1. The first-order valence-corrected chi connectivity index (χ1v) is 5.72. The second-order valence-electron chi connectivity index (χ2n) is 5.13. The highest BCUT2D eigenvalue weighted by Gasteiger charge is 2.17. The van der Waals surface area contributed by atoms with Crippen molar-refractivity contribution in [3.05, 3.63) is 0 Å². The Morgan fingerprint density at radius 3 is 2.47 bits per heavy atom. The van der Waals surface area contributed by atoms with Crippen LogP contribution >= 0.6 is 0 Å². The lowest BCUT2D eigenvalue weighted by Crippen LogP contribution is -2.47. The third-order valence-corrected chi connectivity index (χ3v) is 2.39. The Morgan fingerprint density at radius 2 is 1.93 bits per heavy atom. The summed E-state index contributed by atoms with van der Waals surface area (Å²) < 4.78 is 5.54. The van der Waals surface area contributed by atoms with Crippen molar-refractivity contribution >= 4 is 0 Å². The van der Waals surface area contributed by atoms with Crippen LogP contribution in [0.4, 0.5) is 0 Å². The van der Waals surface area contributed by atoms with Gasteiger partial charge in [-0.3, -0.25) is 4.90 Å². The van der Waals surface area contributed by atoms with Crippen LogP contribution in [0.15, 0.2) is 0 Å². The van der Waals surface area contributed by atoms with Crippen LogP contribution in [0.3, 0.4) is 0 Å². The van der Waals surface area contributed by atoms with Gasteiger partial charge in [-0.15, -0.1) is 0 Å². The first-order chi connectivity index (χ1) is 6.97. The average Bonchev–Trinajstić information content (AvgIpc) is 2.15. The highest BCUT2D eigenvalue weighted by atomic mass is 16.5. The van der Waals surface area contributed by atoms with Gasteiger partial charge in [0.25, 0.3) is 0 Å². The van der Waals surface area contributed by atoms with Crippen molar-refractivity contribution in [3.8, 4) is 0 Å². The van der Waals surface area contributed by atoms with E-state index in [1.165, 1.54) is 0 Å². The van der Waals surface area contributed by atoms with Crippen LogP contribution in [0.1, 0.15) is 20.8 Å². The lowest BCUT2D eigenvalue weighted by molar-refractivity contribution is -0.0566. The molecule has 4 heteroatoms. The summed E-state index contributed by atoms with van der Waals surface area (Å²) in [7, 11) is 0. The highest BCUT2D eigenvalue weighted by molar-refractivity contribution is 4.71. The van der Waals surface area contributed by atoms with Gasteiger partial charge in [-0.25, -0.2) is 0 Å². The van der Waals surface area contributed by atoms with Gasteiger partial charge in [-0.05, 0) is 20.8 Å². The van der Waals surface area contributed by atoms with E-state index in [0.29, 0.717) is 6.61 Å². The summed E-state index contributed by atoms with van der Waals surface area (Å²) in [6.45, 7) is 11.2. The van der Waals surface area contributed by atoms with Crippen LogP contribution in [0.25, 0.3) is 0 Å². The van der Waals surface area contributed by atoms with Crippen molar-refractivity contribution in [2.45, 2.75) is 32.5 Å². The van der Waals surface area contributed by atoms with Gasteiger partial charge in [0.05, 0.1) is 18.3 Å². The number of nitrogens with one attached hydrogen (secondary N) is 1. The number of piperazine rings is 1. The van der Waals surface area contributed by atoms with E-state index in [2.05, 4.69) is 10.2 Å². The van der Waals surface area contributed by atoms with Gasteiger partial charge in [-0.1, -0.05) is 0 Å². The van der Waals surface area contributed by atoms with Crippen molar-refractivity contribution in [1.82, 2.24) is 10.2 Å². The smallest absolute Gasteiger partial charge is 0.0900 e. The molecule has 0 amide bonds. The molecule has 90 valence electrons. The largest absolute Gasteiger partial charge is 0.389 e. The van der Waals surface area contributed by atoms with E-state index in [4.69, 9.17) is 4.74 Å². The van der Waals surface area contributed by atoms with Gasteiger partial charge in [0, 0.05) is 32.7 Å². The fraction of sp³-hybridized carbons (Fsp3) is 1.00. The zero-order valence-corrected chi connectivity index (χ0v) is 10.1. The van der Waals surface area contributed by atoms with E-state index in [-0.39, 0.29) is 11.7 Å². The number of hydrogen-bond acceptors (Lipinski definition) is 4. The molecule has 2 N–H and O–H groups in total. The molecule has 1 atom stereocenters. The number of aliphatic hydroxyl groups is 1. The fourth-order valence-electron chi connectivity index (χ4n) is 1.59. The zero-order valence-electron chi connectivity index (χ0n) is 10.1. The van der Waals surface area contributed by atoms with Crippen LogP contribution in [0, 0.1) is 0 Å². The SMILES string of the molecule is CC(C)(C)OC[C@H](O)CN1CCNCC1. The Morgan fingerprint density at radius 1 is 1.33 bits per heavy atom. The molecular weight excluding hydrogens is 192 g/mol. The number of hydrogen-bond donors (Lipinski definition) is 2. The maximum atomic E-state index is 9.78. The topological polar surface area (TPSA) is 44.7 Å². The minimum absolute atomic E-state index is 0.162. The maximum Gasteiger partial charge on any atom is 0.0900 e. The molecule has 15 heavy (non-hydrogen) atoms. The van der Waals surface area contributed by atoms with Gasteiger partial charge in [0.15, 0.2) is 0 Å². The van der Waals surface area contributed by atoms with Crippen LogP contribution < -0.4 is 5.32 Å². The lowest BCUT2D eigenvalue weighted by atomic mass is 10.2. The molecule has 0 aromatic heterocycles. The Kier molecular flexibility index (Phi) is 4.99. The van der Waals surface area contributed by atoms with Gasteiger partial charge in [0.2, 0.25) is 0 Å². The monoisotopic (exact) mass is 216 g/mol. The summed E-state index contributed by atoms with van der Waals surface area (Å²) in [5.74, 6) is 0. The number of rotatable bonds is 4. The number of ether oxygens (including phenoxy) is 1. The molecule has 1 aliphatic heterocycles. The summed E-state index contributed by atoms with van der Waals surface area (Å²) in [4.78, 5) is 2.27. The second-order valence-corrected chi connectivity index (χ2v) is 5.13. The number of β-amino-alcohol motifs (C(OH)–C–C–N with tert-alkyl or cyclic N) is 1. The summed E-state index contributed by atoms with van der Waals surface area (Å²) in [6, 6.07) is 0. The standard InChI is InChI=1S/C11H24N2O2/c1-11(2,3)15-9-10(14)8-13-6-4-12-5-7-13/h10,12,14H,4-9H2,1-3H3/t10-/m1/s1. The normalized spacial score (nSPS) is 21.6. The summed E-state index contributed by atoms with van der Waals surface area (Å²) in [5.41, 5.74) is -0.162. The average molecular weight is 216 g/mol. The van der Waals surface area contributed by atoms with E-state index in [1.807, 2.05) is 20.8 Å². The van der Waals surface area contributed by atoms with Gasteiger partial charge in [0.1, 0.15) is 0 Å². The third-order valence-electron chi connectivity index (χ3n) is 2.39.